The van der Waals surface area contributed by atoms with E-state index < -0.39 is 11.9 Å². The number of nitrogens with one attached hydrogen (secondary N) is 1. The zero-order chi connectivity index (χ0) is 23.4. The summed E-state index contributed by atoms with van der Waals surface area (Å²) in [4.78, 5) is 59.3. The van der Waals surface area contributed by atoms with E-state index in [0.717, 1.165) is 36.1 Å². The van der Waals surface area contributed by atoms with Gasteiger partial charge in [-0.2, -0.15) is 0 Å². The number of esters is 2. The standard InChI is InChI=1S/C22H25N3O6S2/c1-2-30-19(28)11-17-25(16(26)12-32-17)9-10-31-18(27)8-7-15-23-21(29)20-13-5-3-4-6-14(13)33-22(20)24-15/h11H,2-10,12H2,1H3,(H,23,24,29). The average molecular weight is 492 g/mol. The number of thioether (sulfide) groups is 1. The molecule has 1 aliphatic carbocycles. The number of carbonyl (C=O) groups excluding carboxylic acids is 3. The fraction of sp³-hybridized carbons (Fsp3) is 0.500. The number of aromatic nitrogens is 2. The maximum absolute atomic E-state index is 12.6. The molecule has 2 aromatic rings. The second-order valence-electron chi connectivity index (χ2n) is 7.69. The molecule has 0 aromatic carbocycles. The summed E-state index contributed by atoms with van der Waals surface area (Å²) in [6.07, 6.45) is 5.74. The largest absolute Gasteiger partial charge is 0.464 e. The van der Waals surface area contributed by atoms with Crippen molar-refractivity contribution in [3.8, 4) is 0 Å². The van der Waals surface area contributed by atoms with E-state index >= 15 is 0 Å². The molecule has 0 bridgehead atoms. The highest BCUT2D eigenvalue weighted by Gasteiger charge is 2.27. The van der Waals surface area contributed by atoms with Crippen LogP contribution in [0.3, 0.4) is 0 Å². The molecule has 1 fully saturated rings. The fourth-order valence-electron chi connectivity index (χ4n) is 3.92. The number of ether oxygens (including phenoxy) is 2. The number of thiophene rings is 1. The lowest BCUT2D eigenvalue weighted by Crippen LogP contribution is -2.29. The van der Waals surface area contributed by atoms with Crippen LogP contribution in [-0.4, -0.2) is 58.2 Å². The van der Waals surface area contributed by atoms with E-state index in [1.807, 2.05) is 0 Å². The zero-order valence-corrected chi connectivity index (χ0v) is 19.9. The van der Waals surface area contributed by atoms with Gasteiger partial charge in [-0.05, 0) is 38.2 Å². The highest BCUT2D eigenvalue weighted by molar-refractivity contribution is 8.04. The second-order valence-corrected chi connectivity index (χ2v) is 9.77. The molecule has 0 unspecified atom stereocenters. The third-order valence-corrected chi connectivity index (χ3v) is 7.67. The van der Waals surface area contributed by atoms with Gasteiger partial charge in [0.1, 0.15) is 17.3 Å². The maximum atomic E-state index is 12.6. The first-order valence-corrected chi connectivity index (χ1v) is 12.8. The van der Waals surface area contributed by atoms with Crippen LogP contribution in [0.5, 0.6) is 0 Å². The van der Waals surface area contributed by atoms with Crippen molar-refractivity contribution in [3.63, 3.8) is 0 Å². The summed E-state index contributed by atoms with van der Waals surface area (Å²) < 4.78 is 10.1. The number of nitrogens with zero attached hydrogens (tertiary/aromatic N) is 2. The van der Waals surface area contributed by atoms with Gasteiger partial charge in [-0.15, -0.1) is 11.3 Å². The molecular formula is C22H25N3O6S2. The lowest BCUT2D eigenvalue weighted by Gasteiger charge is -2.16. The van der Waals surface area contributed by atoms with Crippen molar-refractivity contribution in [2.75, 3.05) is 25.5 Å². The smallest absolute Gasteiger partial charge is 0.333 e. The molecule has 0 atom stereocenters. The van der Waals surface area contributed by atoms with Crippen LogP contribution in [0.2, 0.25) is 0 Å². The van der Waals surface area contributed by atoms with E-state index in [9.17, 15) is 19.2 Å². The Labute approximate surface area is 198 Å². The summed E-state index contributed by atoms with van der Waals surface area (Å²) in [5.74, 6) is -0.415. The van der Waals surface area contributed by atoms with Crippen molar-refractivity contribution in [2.45, 2.75) is 45.4 Å². The van der Waals surface area contributed by atoms with Crippen LogP contribution < -0.4 is 5.56 Å². The fourth-order valence-corrected chi connectivity index (χ4v) is 6.16. The molecule has 0 saturated carbocycles. The number of aromatic amines is 1. The minimum Gasteiger partial charge on any atom is -0.464 e. The quantitative estimate of drug-likeness (QED) is 0.441. The summed E-state index contributed by atoms with van der Waals surface area (Å²) in [5, 5.41) is 1.18. The van der Waals surface area contributed by atoms with E-state index in [4.69, 9.17) is 9.47 Å². The Morgan fingerprint density at radius 1 is 1.21 bits per heavy atom. The maximum Gasteiger partial charge on any atom is 0.333 e. The van der Waals surface area contributed by atoms with E-state index in [2.05, 4.69) is 9.97 Å². The molecule has 9 nitrogen and oxygen atoms in total. The minimum absolute atomic E-state index is 0.00588. The first-order valence-electron chi connectivity index (χ1n) is 11.0. The van der Waals surface area contributed by atoms with Gasteiger partial charge in [0.2, 0.25) is 5.91 Å². The van der Waals surface area contributed by atoms with Gasteiger partial charge in [0, 0.05) is 11.3 Å². The van der Waals surface area contributed by atoms with Crippen molar-refractivity contribution in [1.82, 2.24) is 14.9 Å². The summed E-state index contributed by atoms with van der Waals surface area (Å²) in [6.45, 7) is 2.12. The van der Waals surface area contributed by atoms with E-state index in [1.54, 1.807) is 18.3 Å². The molecule has 2 aliphatic rings. The number of rotatable bonds is 8. The van der Waals surface area contributed by atoms with Crippen LogP contribution in [-0.2, 0) is 43.1 Å². The van der Waals surface area contributed by atoms with Crippen molar-refractivity contribution in [1.29, 1.82) is 0 Å². The predicted octanol–water partition coefficient (Wildman–Crippen LogP) is 2.32. The molecular weight excluding hydrogens is 466 g/mol. The number of aryl methyl sites for hydroxylation is 3. The van der Waals surface area contributed by atoms with Crippen LogP contribution in [0.15, 0.2) is 15.9 Å². The van der Waals surface area contributed by atoms with Crippen LogP contribution in [0.25, 0.3) is 10.2 Å². The molecule has 3 heterocycles. The van der Waals surface area contributed by atoms with Crippen molar-refractivity contribution < 1.29 is 23.9 Å². The van der Waals surface area contributed by atoms with Crippen molar-refractivity contribution in [2.24, 2.45) is 0 Å². The lowest BCUT2D eigenvalue weighted by atomic mass is 9.97. The number of hydrogen-bond acceptors (Lipinski definition) is 9. The molecule has 33 heavy (non-hydrogen) atoms. The highest BCUT2D eigenvalue weighted by atomic mass is 32.2. The van der Waals surface area contributed by atoms with Gasteiger partial charge in [0.25, 0.3) is 5.56 Å². The van der Waals surface area contributed by atoms with E-state index in [0.29, 0.717) is 16.2 Å². The molecule has 11 heteroatoms. The summed E-state index contributed by atoms with van der Waals surface area (Å²) in [5.41, 5.74) is 0.987. The molecule has 0 radical (unpaired) electrons. The number of H-pyrrole nitrogens is 1. The van der Waals surface area contributed by atoms with Crippen molar-refractivity contribution >= 4 is 51.2 Å². The van der Waals surface area contributed by atoms with Gasteiger partial charge in [-0.1, -0.05) is 11.8 Å². The second kappa shape index (κ2) is 10.5. The van der Waals surface area contributed by atoms with E-state index in [-0.39, 0.29) is 49.8 Å². The van der Waals surface area contributed by atoms with Gasteiger partial charge in [0.15, 0.2) is 0 Å². The Morgan fingerprint density at radius 2 is 2.03 bits per heavy atom. The van der Waals surface area contributed by atoms with Gasteiger partial charge in [0.05, 0.1) is 41.8 Å². The molecule has 2 aromatic heterocycles. The lowest BCUT2D eigenvalue weighted by molar-refractivity contribution is -0.145. The topological polar surface area (TPSA) is 119 Å². The Balaban J connectivity index is 1.30. The molecule has 176 valence electrons. The SMILES string of the molecule is CCOC(=O)C=C1SCC(=O)N1CCOC(=O)CCc1nc2sc3c(c2c(=O)[nH]1)CCCC3. The summed E-state index contributed by atoms with van der Waals surface area (Å²) in [6, 6.07) is 0. The normalized spacial score (nSPS) is 16.9. The predicted molar refractivity (Wildman–Crippen MR) is 125 cm³/mol. The van der Waals surface area contributed by atoms with Gasteiger partial charge in [-0.25, -0.2) is 9.78 Å². The first-order chi connectivity index (χ1) is 16.0. The Hall–Kier alpha value is -2.66. The number of amides is 1. The van der Waals surface area contributed by atoms with Crippen LogP contribution >= 0.6 is 23.1 Å². The number of carbonyl (C=O) groups is 3. The number of fused-ring (bicyclic) bond motifs is 3. The van der Waals surface area contributed by atoms with Gasteiger partial charge < -0.3 is 19.4 Å². The molecule has 1 amide bonds. The average Bonchev–Trinajstić information content (AvgIpc) is 3.33. The van der Waals surface area contributed by atoms with Crippen LogP contribution in [0.4, 0.5) is 0 Å². The summed E-state index contributed by atoms with van der Waals surface area (Å²) in [7, 11) is 0. The minimum atomic E-state index is -0.512. The van der Waals surface area contributed by atoms with Crippen LogP contribution in [0.1, 0.15) is 42.5 Å². The summed E-state index contributed by atoms with van der Waals surface area (Å²) >= 11 is 2.82. The zero-order valence-electron chi connectivity index (χ0n) is 18.3. The van der Waals surface area contributed by atoms with E-state index in [1.165, 1.54) is 27.6 Å². The molecule has 0 spiro atoms. The third kappa shape index (κ3) is 5.47. The Bertz CT molecular complexity index is 1170. The van der Waals surface area contributed by atoms with Crippen molar-refractivity contribution in [3.05, 3.63) is 37.7 Å². The Kier molecular flexibility index (Phi) is 7.49. The Morgan fingerprint density at radius 3 is 2.85 bits per heavy atom. The number of hydrogen-bond donors (Lipinski definition) is 1. The first kappa shape index (κ1) is 23.5. The molecule has 1 saturated heterocycles. The molecule has 1 aliphatic heterocycles. The van der Waals surface area contributed by atoms with Gasteiger partial charge in [-0.3, -0.25) is 14.4 Å². The highest BCUT2D eigenvalue weighted by Crippen LogP contribution is 2.33. The van der Waals surface area contributed by atoms with Gasteiger partial charge >= 0.3 is 11.9 Å². The van der Waals surface area contributed by atoms with Crippen LogP contribution in [0, 0.1) is 0 Å². The third-order valence-electron chi connectivity index (χ3n) is 5.46. The molecule has 4 rings (SSSR count). The molecule has 1 N–H and O–H groups in total. The monoisotopic (exact) mass is 491 g/mol.